The molecule has 0 aliphatic carbocycles. The van der Waals surface area contributed by atoms with Crippen LogP contribution < -0.4 is 16.8 Å². The van der Waals surface area contributed by atoms with Crippen molar-refractivity contribution in [3.8, 4) is 0 Å². The van der Waals surface area contributed by atoms with Crippen molar-refractivity contribution in [2.24, 2.45) is 11.7 Å². The van der Waals surface area contributed by atoms with Crippen LogP contribution in [0.5, 0.6) is 0 Å². The number of carbonyl (C=O) groups is 1. The Morgan fingerprint density at radius 3 is 2.67 bits per heavy atom. The molecule has 0 spiro atoms. The Balaban J connectivity index is 2.70. The first-order valence-electron chi connectivity index (χ1n) is 5.97. The van der Waals surface area contributed by atoms with Gasteiger partial charge in [-0.15, -0.1) is 23.1 Å². The van der Waals surface area contributed by atoms with Crippen LogP contribution in [0.2, 0.25) is 0 Å². The van der Waals surface area contributed by atoms with Gasteiger partial charge in [0.15, 0.2) is 0 Å². The highest BCUT2D eigenvalue weighted by atomic mass is 32.2. The number of thioether (sulfide) groups is 1. The minimum absolute atomic E-state index is 0.450. The van der Waals surface area contributed by atoms with Gasteiger partial charge in [-0.1, -0.05) is 13.8 Å². The fourth-order valence-corrected chi connectivity index (χ4v) is 3.56. The van der Waals surface area contributed by atoms with Gasteiger partial charge in [0.05, 0.1) is 10.6 Å². The van der Waals surface area contributed by atoms with Crippen molar-refractivity contribution in [1.29, 1.82) is 0 Å². The summed E-state index contributed by atoms with van der Waals surface area (Å²) in [6.07, 6.45) is 4.24. The molecule has 4 nitrogen and oxygen atoms in total. The molecule has 0 aromatic carbocycles. The van der Waals surface area contributed by atoms with Gasteiger partial charge in [0.1, 0.15) is 9.88 Å². The number of rotatable bonds is 7. The van der Waals surface area contributed by atoms with Crippen LogP contribution in [0.25, 0.3) is 0 Å². The highest BCUT2D eigenvalue weighted by Gasteiger charge is 2.18. The third-order valence-electron chi connectivity index (χ3n) is 2.57. The summed E-state index contributed by atoms with van der Waals surface area (Å²) in [5, 5.41) is 4.30. The van der Waals surface area contributed by atoms with Gasteiger partial charge in [0.25, 0.3) is 5.91 Å². The minimum Gasteiger partial charge on any atom is -0.396 e. The van der Waals surface area contributed by atoms with Gasteiger partial charge in [-0.3, -0.25) is 4.79 Å². The van der Waals surface area contributed by atoms with E-state index in [9.17, 15) is 4.79 Å². The van der Waals surface area contributed by atoms with Crippen molar-refractivity contribution in [3.05, 3.63) is 4.88 Å². The highest BCUT2D eigenvalue weighted by molar-refractivity contribution is 7.99. The first-order chi connectivity index (χ1) is 8.47. The number of primary amides is 1. The second-order valence-corrected chi connectivity index (χ2v) is 6.37. The molecule has 102 valence electrons. The van der Waals surface area contributed by atoms with Gasteiger partial charge in [-0.25, -0.2) is 0 Å². The molecule has 0 unspecified atom stereocenters. The number of nitrogens with one attached hydrogen (secondary N) is 1. The molecular weight excluding hydrogens is 266 g/mol. The summed E-state index contributed by atoms with van der Waals surface area (Å²) in [4.78, 5) is 12.6. The summed E-state index contributed by atoms with van der Waals surface area (Å²) in [5.74, 6) is 0.254. The van der Waals surface area contributed by atoms with Gasteiger partial charge < -0.3 is 16.8 Å². The van der Waals surface area contributed by atoms with Crippen LogP contribution >= 0.6 is 23.1 Å². The lowest BCUT2D eigenvalue weighted by atomic mass is 10.1. The first kappa shape index (κ1) is 15.2. The summed E-state index contributed by atoms with van der Waals surface area (Å²) >= 11 is 2.89. The second-order valence-electron chi connectivity index (χ2n) is 4.53. The number of anilines is 2. The molecule has 18 heavy (non-hydrogen) atoms. The number of nitrogen functional groups attached to an aromatic ring is 1. The fourth-order valence-electron chi connectivity index (χ4n) is 1.64. The van der Waals surface area contributed by atoms with E-state index in [-0.39, 0.29) is 0 Å². The SMILES string of the molecule is CSc1c(NCCCC(C)C)sc(C(N)=O)c1N. The standard InChI is InChI=1S/C12H21N3OS2/c1-7(2)5-4-6-15-12-10(17-3)8(13)9(18-12)11(14)16/h7,15H,4-6,13H2,1-3H3,(H2,14,16). The zero-order valence-electron chi connectivity index (χ0n) is 11.1. The van der Waals surface area contributed by atoms with E-state index in [2.05, 4.69) is 19.2 Å². The molecule has 0 saturated carbocycles. The van der Waals surface area contributed by atoms with Crippen LogP contribution in [0.3, 0.4) is 0 Å². The van der Waals surface area contributed by atoms with Crippen LogP contribution in [-0.4, -0.2) is 18.7 Å². The average molecular weight is 287 g/mol. The Morgan fingerprint density at radius 1 is 1.50 bits per heavy atom. The molecule has 1 aromatic heterocycles. The minimum atomic E-state index is -0.456. The number of carbonyl (C=O) groups excluding carboxylic acids is 1. The maximum absolute atomic E-state index is 11.2. The van der Waals surface area contributed by atoms with Gasteiger partial charge in [0.2, 0.25) is 0 Å². The monoisotopic (exact) mass is 287 g/mol. The van der Waals surface area contributed by atoms with Crippen molar-refractivity contribution in [1.82, 2.24) is 0 Å². The summed E-state index contributed by atoms with van der Waals surface area (Å²) in [6, 6.07) is 0. The Hall–Kier alpha value is -0.880. The number of amides is 1. The van der Waals surface area contributed by atoms with Crippen LogP contribution in [0, 0.1) is 5.92 Å². The van der Waals surface area contributed by atoms with E-state index >= 15 is 0 Å². The molecule has 0 atom stereocenters. The fraction of sp³-hybridized carbons (Fsp3) is 0.583. The van der Waals surface area contributed by atoms with Crippen molar-refractivity contribution in [3.63, 3.8) is 0 Å². The van der Waals surface area contributed by atoms with Crippen LogP contribution in [-0.2, 0) is 0 Å². The lowest BCUT2D eigenvalue weighted by Crippen LogP contribution is -2.10. The van der Waals surface area contributed by atoms with E-state index in [1.54, 1.807) is 0 Å². The molecule has 0 bridgehead atoms. The zero-order chi connectivity index (χ0) is 13.7. The van der Waals surface area contributed by atoms with E-state index in [1.165, 1.54) is 29.5 Å². The third-order valence-corrected chi connectivity index (χ3v) is 4.71. The molecule has 0 radical (unpaired) electrons. The molecule has 5 N–H and O–H groups in total. The molecule has 0 aliphatic heterocycles. The van der Waals surface area contributed by atoms with E-state index < -0.39 is 5.91 Å². The van der Waals surface area contributed by atoms with Gasteiger partial charge >= 0.3 is 0 Å². The topological polar surface area (TPSA) is 81.1 Å². The summed E-state index contributed by atoms with van der Waals surface area (Å²) in [7, 11) is 0. The third kappa shape index (κ3) is 3.81. The molecule has 1 heterocycles. The molecule has 1 amide bonds. The number of thiophene rings is 1. The first-order valence-corrected chi connectivity index (χ1v) is 8.01. The van der Waals surface area contributed by atoms with Crippen molar-refractivity contribution in [2.75, 3.05) is 23.9 Å². The number of hydrogen-bond donors (Lipinski definition) is 3. The Kier molecular flexibility index (Phi) is 5.81. The van der Waals surface area contributed by atoms with Crippen LogP contribution in [0.15, 0.2) is 4.90 Å². The summed E-state index contributed by atoms with van der Waals surface area (Å²) < 4.78 is 0. The zero-order valence-corrected chi connectivity index (χ0v) is 12.7. The van der Waals surface area contributed by atoms with Crippen molar-refractivity contribution >= 4 is 39.7 Å². The lowest BCUT2D eigenvalue weighted by Gasteiger charge is -2.07. The average Bonchev–Trinajstić information content (AvgIpc) is 2.61. The van der Waals surface area contributed by atoms with Gasteiger partial charge in [0, 0.05) is 6.54 Å². The van der Waals surface area contributed by atoms with Crippen molar-refractivity contribution < 1.29 is 4.79 Å². The normalized spacial score (nSPS) is 10.9. The number of hydrogen-bond acceptors (Lipinski definition) is 5. The van der Waals surface area contributed by atoms with Crippen LogP contribution in [0.4, 0.5) is 10.7 Å². The Morgan fingerprint density at radius 2 is 2.17 bits per heavy atom. The lowest BCUT2D eigenvalue weighted by molar-refractivity contribution is 0.100. The van der Waals surface area contributed by atoms with Gasteiger partial charge in [-0.05, 0) is 25.0 Å². The quantitative estimate of drug-likeness (QED) is 0.532. The molecule has 0 saturated heterocycles. The maximum atomic E-state index is 11.2. The van der Waals surface area contributed by atoms with Crippen LogP contribution in [0.1, 0.15) is 36.4 Å². The van der Waals surface area contributed by atoms with Crippen molar-refractivity contribution in [2.45, 2.75) is 31.6 Å². The highest BCUT2D eigenvalue weighted by Crippen LogP contribution is 2.41. The largest absolute Gasteiger partial charge is 0.396 e. The Bertz CT molecular complexity index is 416. The maximum Gasteiger partial charge on any atom is 0.261 e. The smallest absolute Gasteiger partial charge is 0.261 e. The molecule has 1 aromatic rings. The van der Waals surface area contributed by atoms with Gasteiger partial charge in [-0.2, -0.15) is 0 Å². The number of nitrogens with two attached hydrogens (primary N) is 2. The molecule has 0 fully saturated rings. The summed E-state index contributed by atoms with van der Waals surface area (Å²) in [5.41, 5.74) is 11.7. The van der Waals surface area contributed by atoms with E-state index in [0.717, 1.165) is 22.9 Å². The summed E-state index contributed by atoms with van der Waals surface area (Å²) in [6.45, 7) is 5.31. The van der Waals surface area contributed by atoms with E-state index in [4.69, 9.17) is 11.5 Å². The predicted octanol–water partition coefficient (Wildman–Crippen LogP) is 3.00. The molecule has 6 heteroatoms. The molecule has 1 rings (SSSR count). The van der Waals surface area contributed by atoms with E-state index in [1.807, 2.05) is 6.26 Å². The predicted molar refractivity (Wildman–Crippen MR) is 81.6 cm³/mol. The Labute approximate surface area is 117 Å². The van der Waals surface area contributed by atoms with E-state index in [0.29, 0.717) is 16.5 Å². The molecule has 0 aliphatic rings. The second kappa shape index (κ2) is 6.89. The molecular formula is C12H21N3OS2.